The molecule has 0 amide bonds. The van der Waals surface area contributed by atoms with Crippen LogP contribution in [0.3, 0.4) is 0 Å². The maximum Gasteiger partial charge on any atom is 0.269 e. The van der Waals surface area contributed by atoms with Crippen LogP contribution in [-0.2, 0) is 10.0 Å². The monoisotopic (exact) mass is 358 g/mol. The van der Waals surface area contributed by atoms with Crippen LogP contribution in [-0.4, -0.2) is 31.5 Å². The number of hydrogen-bond acceptors (Lipinski definition) is 5. The summed E-state index contributed by atoms with van der Waals surface area (Å²) >= 11 is 0.891. The Morgan fingerprint density at radius 3 is 2.70 bits per heavy atom. The zero-order chi connectivity index (χ0) is 16.8. The number of hydrogen-bond donors (Lipinski definition) is 1. The number of aliphatic hydroxyl groups is 1. The second-order valence-corrected chi connectivity index (χ2v) is 7.56. The lowest BCUT2D eigenvalue weighted by Gasteiger charge is -2.29. The van der Waals surface area contributed by atoms with Crippen LogP contribution in [0, 0.1) is 6.92 Å². The van der Waals surface area contributed by atoms with Crippen LogP contribution in [0.5, 0.6) is 0 Å². The van der Waals surface area contributed by atoms with E-state index >= 15 is 0 Å². The fraction of sp³-hybridized carbons (Fsp3) is 0.214. The van der Waals surface area contributed by atoms with Gasteiger partial charge in [-0.15, -0.1) is 11.3 Å². The highest BCUT2D eigenvalue weighted by atomic mass is 32.2. The minimum atomic E-state index is -4.31. The van der Waals surface area contributed by atoms with Crippen LogP contribution in [0.25, 0.3) is 10.7 Å². The highest BCUT2D eigenvalue weighted by Gasteiger charge is 2.41. The van der Waals surface area contributed by atoms with E-state index in [0.717, 1.165) is 11.3 Å². The Bertz CT molecular complexity index is 891. The molecule has 2 heterocycles. The van der Waals surface area contributed by atoms with Gasteiger partial charge in [0.15, 0.2) is 5.76 Å². The van der Waals surface area contributed by atoms with Gasteiger partial charge >= 0.3 is 0 Å². The highest BCUT2D eigenvalue weighted by Crippen LogP contribution is 2.44. The van der Waals surface area contributed by atoms with Gasteiger partial charge in [-0.05, 0) is 12.5 Å². The Morgan fingerprint density at radius 1 is 1.35 bits per heavy atom. The molecule has 0 fully saturated rings. The van der Waals surface area contributed by atoms with Crippen molar-refractivity contribution in [3.05, 3.63) is 46.6 Å². The summed E-state index contributed by atoms with van der Waals surface area (Å²) in [6.45, 7) is 0.694. The first-order chi connectivity index (χ1) is 10.8. The summed E-state index contributed by atoms with van der Waals surface area (Å²) in [6.07, 6.45) is -2.85. The fourth-order valence-electron chi connectivity index (χ4n) is 2.43. The molecule has 0 radical (unpaired) electrons. The third-order valence-electron chi connectivity index (χ3n) is 3.46. The lowest BCUT2D eigenvalue weighted by Crippen LogP contribution is -2.38. The molecule has 2 aromatic rings. The van der Waals surface area contributed by atoms with Crippen LogP contribution in [0.2, 0.25) is 0 Å². The second kappa shape index (κ2) is 5.57. The number of fused-ring (bicyclic) bond motifs is 1. The number of aryl methyl sites for hydroxylation is 1. The minimum Gasteiger partial charge on any atom is -0.504 e. The van der Waals surface area contributed by atoms with Gasteiger partial charge in [-0.1, -0.05) is 24.3 Å². The van der Waals surface area contributed by atoms with E-state index in [2.05, 4.69) is 4.98 Å². The molecule has 1 aliphatic rings. The zero-order valence-corrected chi connectivity index (χ0v) is 13.5. The minimum absolute atomic E-state index is 0.000124. The molecule has 0 spiro atoms. The van der Waals surface area contributed by atoms with Gasteiger partial charge < -0.3 is 5.11 Å². The zero-order valence-electron chi connectivity index (χ0n) is 11.9. The average Bonchev–Trinajstić information content (AvgIpc) is 2.94. The molecule has 5 nitrogen and oxygen atoms in total. The van der Waals surface area contributed by atoms with E-state index in [-0.39, 0.29) is 16.3 Å². The molecule has 0 saturated carbocycles. The van der Waals surface area contributed by atoms with Crippen molar-refractivity contribution < 1.29 is 22.3 Å². The van der Waals surface area contributed by atoms with Crippen LogP contribution in [0.4, 0.5) is 13.8 Å². The third-order valence-corrected chi connectivity index (χ3v) is 6.26. The first kappa shape index (κ1) is 15.9. The lowest BCUT2D eigenvalue weighted by molar-refractivity contribution is 0.159. The van der Waals surface area contributed by atoms with Crippen molar-refractivity contribution in [1.29, 1.82) is 0 Å². The molecule has 0 aliphatic carbocycles. The molecule has 1 aliphatic heterocycles. The van der Waals surface area contributed by atoms with Crippen molar-refractivity contribution in [2.45, 2.75) is 13.3 Å². The van der Waals surface area contributed by atoms with Crippen molar-refractivity contribution in [3.8, 4) is 0 Å². The predicted octanol–water partition coefficient (Wildman–Crippen LogP) is 3.25. The van der Waals surface area contributed by atoms with E-state index in [9.17, 15) is 22.3 Å². The molecule has 1 N–H and O–H groups in total. The Hall–Kier alpha value is -2.00. The normalized spacial score (nSPS) is 16.8. The van der Waals surface area contributed by atoms with E-state index in [1.807, 2.05) is 0 Å². The van der Waals surface area contributed by atoms with Crippen molar-refractivity contribution in [2.24, 2.45) is 0 Å². The molecular weight excluding hydrogens is 346 g/mol. The molecular formula is C14H12F2N2O3S2. The summed E-state index contributed by atoms with van der Waals surface area (Å²) in [5.74, 6) is -0.513. The molecule has 1 aromatic carbocycles. The van der Waals surface area contributed by atoms with Gasteiger partial charge in [0.05, 0.1) is 12.1 Å². The van der Waals surface area contributed by atoms with E-state index in [1.54, 1.807) is 25.1 Å². The largest absolute Gasteiger partial charge is 0.504 e. The molecule has 0 bridgehead atoms. The standard InChI is InChI=1S/C14H12F2N2O3S2/c1-8-4-2-3-5-9(8)13-12(19)11-14(22-7-17-11)18(6-10(15)16)23(13,20)21/h2-5,7,10,19H,6H2,1H3. The number of aliphatic hydroxyl groups excluding tert-OH is 1. The lowest BCUT2D eigenvalue weighted by atomic mass is 10.1. The molecule has 9 heteroatoms. The summed E-state index contributed by atoms with van der Waals surface area (Å²) in [7, 11) is -4.31. The van der Waals surface area contributed by atoms with Gasteiger partial charge in [0.1, 0.15) is 15.6 Å². The number of anilines is 1. The van der Waals surface area contributed by atoms with Gasteiger partial charge in [0.25, 0.3) is 16.4 Å². The second-order valence-electron chi connectivity index (χ2n) is 4.93. The summed E-state index contributed by atoms with van der Waals surface area (Å²) in [5, 5.41) is 10.4. The maximum atomic E-state index is 12.9. The first-order valence-electron chi connectivity index (χ1n) is 6.58. The number of nitrogens with zero attached hydrogens (tertiary/aromatic N) is 2. The Kier molecular flexibility index (Phi) is 3.85. The fourth-order valence-corrected chi connectivity index (χ4v) is 5.25. The number of benzene rings is 1. The summed E-state index contributed by atoms with van der Waals surface area (Å²) in [5.41, 5.74) is 2.19. The van der Waals surface area contributed by atoms with Crippen molar-refractivity contribution in [3.63, 3.8) is 0 Å². The van der Waals surface area contributed by atoms with Crippen molar-refractivity contribution in [1.82, 2.24) is 4.98 Å². The summed E-state index contributed by atoms with van der Waals surface area (Å²) in [4.78, 5) is 3.53. The van der Waals surface area contributed by atoms with E-state index < -0.39 is 33.7 Å². The maximum absolute atomic E-state index is 12.9. The van der Waals surface area contributed by atoms with E-state index in [1.165, 1.54) is 11.6 Å². The quantitative estimate of drug-likeness (QED) is 0.914. The van der Waals surface area contributed by atoms with Crippen LogP contribution in [0.1, 0.15) is 16.8 Å². The molecule has 0 saturated heterocycles. The Morgan fingerprint density at radius 2 is 2.04 bits per heavy atom. The van der Waals surface area contributed by atoms with Gasteiger partial charge in [0, 0.05) is 5.56 Å². The number of thiazole rings is 1. The van der Waals surface area contributed by atoms with Gasteiger partial charge in [0.2, 0.25) is 0 Å². The SMILES string of the molecule is Cc1ccccc1C1=C(O)c2ncsc2N(CC(F)F)S1(=O)=O. The molecule has 122 valence electrons. The topological polar surface area (TPSA) is 70.5 Å². The van der Waals surface area contributed by atoms with Crippen LogP contribution in [0.15, 0.2) is 29.8 Å². The van der Waals surface area contributed by atoms with Crippen LogP contribution >= 0.6 is 11.3 Å². The molecule has 23 heavy (non-hydrogen) atoms. The number of alkyl halides is 2. The smallest absolute Gasteiger partial charge is 0.269 e. The number of rotatable bonds is 3. The number of sulfonamides is 1. The van der Waals surface area contributed by atoms with Crippen LogP contribution < -0.4 is 4.31 Å². The molecule has 0 unspecified atom stereocenters. The molecule has 3 rings (SSSR count). The van der Waals surface area contributed by atoms with Crippen molar-refractivity contribution in [2.75, 3.05) is 10.8 Å². The Balaban J connectivity index is 2.30. The van der Waals surface area contributed by atoms with E-state index in [4.69, 9.17) is 0 Å². The van der Waals surface area contributed by atoms with Crippen molar-refractivity contribution >= 4 is 37.0 Å². The van der Waals surface area contributed by atoms with Gasteiger partial charge in [-0.25, -0.2) is 26.5 Å². The molecule has 1 aromatic heterocycles. The number of aromatic nitrogens is 1. The van der Waals surface area contributed by atoms with E-state index in [0.29, 0.717) is 9.87 Å². The first-order valence-corrected chi connectivity index (χ1v) is 8.90. The third kappa shape index (κ3) is 2.49. The van der Waals surface area contributed by atoms with Gasteiger partial charge in [-0.3, -0.25) is 0 Å². The van der Waals surface area contributed by atoms with Gasteiger partial charge in [-0.2, -0.15) is 0 Å². The Labute approximate surface area is 135 Å². The average molecular weight is 358 g/mol. The summed E-state index contributed by atoms with van der Waals surface area (Å²) < 4.78 is 52.0. The predicted molar refractivity (Wildman–Crippen MR) is 85.0 cm³/mol. The summed E-state index contributed by atoms with van der Waals surface area (Å²) in [6, 6.07) is 6.54. The number of halogens is 2. The molecule has 0 atom stereocenters. The highest BCUT2D eigenvalue weighted by molar-refractivity contribution is 8.02.